The van der Waals surface area contributed by atoms with Crippen molar-refractivity contribution in [2.45, 2.75) is 6.92 Å². The molecule has 162 valence electrons. The van der Waals surface area contributed by atoms with Gasteiger partial charge in [0.25, 0.3) is 0 Å². The SMILES string of the molecule is COc1cc2ncnc(Oc3ccc(NC(=S)NCCNC(C)=O)cc3)c2cc1OC. The lowest BCUT2D eigenvalue weighted by atomic mass is 10.2. The summed E-state index contributed by atoms with van der Waals surface area (Å²) in [4.78, 5) is 19.4. The van der Waals surface area contributed by atoms with Crippen molar-refractivity contribution in [1.29, 1.82) is 0 Å². The van der Waals surface area contributed by atoms with Gasteiger partial charge >= 0.3 is 0 Å². The zero-order valence-electron chi connectivity index (χ0n) is 17.4. The summed E-state index contributed by atoms with van der Waals surface area (Å²) in [6.07, 6.45) is 1.44. The number of fused-ring (bicyclic) bond motifs is 1. The molecule has 0 radical (unpaired) electrons. The van der Waals surface area contributed by atoms with E-state index < -0.39 is 0 Å². The van der Waals surface area contributed by atoms with Crippen LogP contribution in [0.2, 0.25) is 0 Å². The van der Waals surface area contributed by atoms with Crippen molar-refractivity contribution in [3.8, 4) is 23.1 Å². The van der Waals surface area contributed by atoms with Crippen LogP contribution in [0, 0.1) is 0 Å². The molecule has 31 heavy (non-hydrogen) atoms. The first-order valence-electron chi connectivity index (χ1n) is 9.44. The maximum absolute atomic E-state index is 10.9. The van der Waals surface area contributed by atoms with Gasteiger partial charge in [0, 0.05) is 31.8 Å². The molecule has 3 rings (SSSR count). The lowest BCUT2D eigenvalue weighted by Crippen LogP contribution is -2.35. The van der Waals surface area contributed by atoms with Crippen molar-refractivity contribution in [3.63, 3.8) is 0 Å². The van der Waals surface area contributed by atoms with E-state index in [0.717, 1.165) is 5.69 Å². The van der Waals surface area contributed by atoms with Gasteiger partial charge in [0.05, 0.1) is 25.1 Å². The highest BCUT2D eigenvalue weighted by Gasteiger charge is 2.12. The van der Waals surface area contributed by atoms with Crippen LogP contribution in [-0.4, -0.2) is 48.3 Å². The summed E-state index contributed by atoms with van der Waals surface area (Å²) in [5, 5.41) is 9.94. The number of aromatic nitrogens is 2. The molecule has 1 aromatic heterocycles. The minimum atomic E-state index is -0.0784. The monoisotopic (exact) mass is 441 g/mol. The number of carbonyl (C=O) groups excluding carboxylic acids is 1. The largest absolute Gasteiger partial charge is 0.493 e. The van der Waals surface area contributed by atoms with Gasteiger partial charge in [-0.1, -0.05) is 0 Å². The molecule has 3 aromatic rings. The summed E-state index contributed by atoms with van der Waals surface area (Å²) in [5.41, 5.74) is 1.47. The lowest BCUT2D eigenvalue weighted by Gasteiger charge is -2.13. The summed E-state index contributed by atoms with van der Waals surface area (Å²) in [7, 11) is 3.14. The molecule has 0 spiro atoms. The number of ether oxygens (including phenoxy) is 3. The van der Waals surface area contributed by atoms with Crippen LogP contribution in [0.15, 0.2) is 42.7 Å². The number of hydrogen-bond donors (Lipinski definition) is 3. The Balaban J connectivity index is 1.66. The zero-order chi connectivity index (χ0) is 22.2. The standard InChI is InChI=1S/C21H23N5O4S/c1-13(27)22-8-9-23-21(31)26-14-4-6-15(7-5-14)30-20-16-10-18(28-2)19(29-3)11-17(16)24-12-25-20/h4-7,10-12H,8-9H2,1-3H3,(H,22,27)(H2,23,26,31). The van der Waals surface area contributed by atoms with Gasteiger partial charge in [0.1, 0.15) is 12.1 Å². The summed E-state index contributed by atoms with van der Waals surface area (Å²) in [6.45, 7) is 2.49. The van der Waals surface area contributed by atoms with E-state index in [1.54, 1.807) is 38.5 Å². The number of hydrogen-bond acceptors (Lipinski definition) is 7. The molecule has 0 aliphatic rings. The number of methoxy groups -OCH3 is 2. The predicted molar refractivity (Wildman–Crippen MR) is 122 cm³/mol. The Morgan fingerprint density at radius 1 is 1.00 bits per heavy atom. The minimum Gasteiger partial charge on any atom is -0.493 e. The highest BCUT2D eigenvalue weighted by atomic mass is 32.1. The second-order valence-electron chi connectivity index (χ2n) is 6.39. The summed E-state index contributed by atoms with van der Waals surface area (Å²) in [5.74, 6) is 2.07. The number of carbonyl (C=O) groups is 1. The van der Waals surface area contributed by atoms with Crippen LogP contribution in [0.5, 0.6) is 23.1 Å². The Hall–Kier alpha value is -3.66. The molecule has 0 unspecified atom stereocenters. The van der Waals surface area contributed by atoms with Crippen LogP contribution in [0.1, 0.15) is 6.92 Å². The maximum Gasteiger partial charge on any atom is 0.230 e. The fourth-order valence-electron chi connectivity index (χ4n) is 2.75. The molecule has 0 fully saturated rings. The lowest BCUT2D eigenvalue weighted by molar-refractivity contribution is -0.118. The van der Waals surface area contributed by atoms with Crippen molar-refractivity contribution in [2.75, 3.05) is 32.6 Å². The quantitative estimate of drug-likeness (QED) is 0.359. The number of nitrogens with zero attached hydrogens (tertiary/aromatic N) is 2. The van der Waals surface area contributed by atoms with Crippen LogP contribution in [0.25, 0.3) is 10.9 Å². The molecular weight excluding hydrogens is 418 g/mol. The zero-order valence-corrected chi connectivity index (χ0v) is 18.2. The topological polar surface area (TPSA) is 107 Å². The average molecular weight is 442 g/mol. The molecule has 0 atom stereocenters. The molecule has 0 aliphatic heterocycles. The van der Waals surface area contributed by atoms with E-state index in [1.807, 2.05) is 12.1 Å². The van der Waals surface area contributed by atoms with Crippen molar-refractivity contribution < 1.29 is 19.0 Å². The van der Waals surface area contributed by atoms with Crippen molar-refractivity contribution >= 4 is 39.8 Å². The second-order valence-corrected chi connectivity index (χ2v) is 6.80. The fourth-order valence-corrected chi connectivity index (χ4v) is 2.97. The van der Waals surface area contributed by atoms with Gasteiger partial charge in [-0.15, -0.1) is 0 Å². The van der Waals surface area contributed by atoms with E-state index in [2.05, 4.69) is 25.9 Å². The van der Waals surface area contributed by atoms with Crippen molar-refractivity contribution in [1.82, 2.24) is 20.6 Å². The van der Waals surface area contributed by atoms with Gasteiger partial charge in [-0.2, -0.15) is 0 Å². The summed E-state index contributed by atoms with van der Waals surface area (Å²) < 4.78 is 16.6. The van der Waals surface area contributed by atoms with Gasteiger partial charge in [0.2, 0.25) is 11.8 Å². The Kier molecular flexibility index (Phi) is 7.39. The van der Waals surface area contributed by atoms with Gasteiger partial charge in [-0.05, 0) is 42.5 Å². The molecule has 0 saturated heterocycles. The number of anilines is 1. The molecule has 1 heterocycles. The van der Waals surface area contributed by atoms with E-state index >= 15 is 0 Å². The minimum absolute atomic E-state index is 0.0784. The number of benzene rings is 2. The first-order chi connectivity index (χ1) is 15.0. The Labute approximate surface area is 185 Å². The van der Waals surface area contributed by atoms with Gasteiger partial charge in [-0.25, -0.2) is 9.97 Å². The molecule has 3 N–H and O–H groups in total. The van der Waals surface area contributed by atoms with Crippen LogP contribution >= 0.6 is 12.2 Å². The van der Waals surface area contributed by atoms with Crippen LogP contribution in [0.3, 0.4) is 0 Å². The number of amides is 1. The molecule has 0 bridgehead atoms. The van der Waals surface area contributed by atoms with Gasteiger partial charge in [-0.3, -0.25) is 4.79 Å². The normalized spacial score (nSPS) is 10.3. The third-order valence-corrected chi connectivity index (χ3v) is 4.46. The average Bonchev–Trinajstić information content (AvgIpc) is 2.77. The van der Waals surface area contributed by atoms with E-state index in [1.165, 1.54) is 13.3 Å². The highest BCUT2D eigenvalue weighted by molar-refractivity contribution is 7.80. The second kappa shape index (κ2) is 10.4. The molecule has 0 saturated carbocycles. The Morgan fingerprint density at radius 3 is 2.35 bits per heavy atom. The predicted octanol–water partition coefficient (Wildman–Crippen LogP) is 2.86. The van der Waals surface area contributed by atoms with E-state index in [9.17, 15) is 4.79 Å². The van der Waals surface area contributed by atoms with Crippen LogP contribution in [-0.2, 0) is 4.79 Å². The van der Waals surface area contributed by atoms with Crippen molar-refractivity contribution in [3.05, 3.63) is 42.7 Å². The van der Waals surface area contributed by atoms with Crippen LogP contribution < -0.4 is 30.2 Å². The number of thiocarbonyl (C=S) groups is 1. The van der Waals surface area contributed by atoms with E-state index in [-0.39, 0.29) is 5.91 Å². The Morgan fingerprint density at radius 2 is 1.68 bits per heavy atom. The fraction of sp³-hybridized carbons (Fsp3) is 0.238. The molecule has 10 heteroatoms. The third kappa shape index (κ3) is 5.92. The molecule has 1 amide bonds. The third-order valence-electron chi connectivity index (χ3n) is 4.22. The number of rotatable bonds is 8. The first kappa shape index (κ1) is 22.0. The van der Waals surface area contributed by atoms with Crippen molar-refractivity contribution in [2.24, 2.45) is 0 Å². The summed E-state index contributed by atoms with van der Waals surface area (Å²) in [6, 6.07) is 10.8. The summed E-state index contributed by atoms with van der Waals surface area (Å²) >= 11 is 5.24. The molecule has 2 aromatic carbocycles. The van der Waals surface area contributed by atoms with Gasteiger partial charge < -0.3 is 30.2 Å². The molecular formula is C21H23N5O4S. The van der Waals surface area contributed by atoms with Crippen LogP contribution in [0.4, 0.5) is 5.69 Å². The van der Waals surface area contributed by atoms with E-state index in [0.29, 0.717) is 52.2 Å². The highest BCUT2D eigenvalue weighted by Crippen LogP contribution is 2.35. The molecule has 9 nitrogen and oxygen atoms in total. The first-order valence-corrected chi connectivity index (χ1v) is 9.85. The Bertz CT molecular complexity index is 1080. The smallest absolute Gasteiger partial charge is 0.230 e. The van der Waals surface area contributed by atoms with Gasteiger partial charge in [0.15, 0.2) is 16.6 Å². The number of nitrogens with one attached hydrogen (secondary N) is 3. The maximum atomic E-state index is 10.9. The molecule has 0 aliphatic carbocycles. The van der Waals surface area contributed by atoms with E-state index in [4.69, 9.17) is 26.4 Å².